The maximum absolute atomic E-state index is 16.3. The lowest BCUT2D eigenvalue weighted by molar-refractivity contribution is -0.384. The number of hydrogen-bond acceptors (Lipinski definition) is 11. The third-order valence-electron chi connectivity index (χ3n) is 8.12. The number of imidazole rings is 1. The summed E-state index contributed by atoms with van der Waals surface area (Å²) >= 11 is 0. The summed E-state index contributed by atoms with van der Waals surface area (Å²) in [5, 5.41) is 13.3. The highest BCUT2D eigenvalue weighted by Gasteiger charge is 2.52. The number of nitro benzene ring substituents is 1. The lowest BCUT2D eigenvalue weighted by Gasteiger charge is -2.39. The van der Waals surface area contributed by atoms with Gasteiger partial charge in [0.05, 0.1) is 11.3 Å². The van der Waals surface area contributed by atoms with Crippen molar-refractivity contribution in [3.8, 4) is 5.75 Å². The largest absolute Gasteiger partial charge is 0.406 e. The number of nitrogens with zero attached hydrogens (tertiary/aromatic N) is 5. The molecule has 0 bridgehead atoms. The number of anilines is 1. The molecule has 0 spiro atoms. The van der Waals surface area contributed by atoms with E-state index in [4.69, 9.17) is 13.3 Å². The second-order valence-corrected chi connectivity index (χ2v) is 18.5. The molecular formula is C29H34FN7O8SSi. The van der Waals surface area contributed by atoms with E-state index < -0.39 is 60.6 Å². The second kappa shape index (κ2) is 13.0. The lowest BCUT2D eigenvalue weighted by atomic mass is 10.1. The summed E-state index contributed by atoms with van der Waals surface area (Å²) < 4.78 is 63.0. The van der Waals surface area contributed by atoms with Gasteiger partial charge in [0.25, 0.3) is 11.6 Å². The first-order valence-corrected chi connectivity index (χ1v) is 18.8. The minimum atomic E-state index is -4.48. The Balaban J connectivity index is 1.40. The van der Waals surface area contributed by atoms with Crippen molar-refractivity contribution < 1.29 is 35.9 Å². The van der Waals surface area contributed by atoms with Crippen molar-refractivity contribution in [3.05, 3.63) is 82.9 Å². The van der Waals surface area contributed by atoms with Crippen LogP contribution in [-0.2, 0) is 19.5 Å². The SMILES string of the molecule is CC(C)(C)[Si](C)(C)O[C@@H]1[C@H](F)[C@@H](CNS(=O)(=O)Oc2ccc([N+](=O)[O-])cc2)O[C@H]1n1cnc2c(NC(=O)c3ccccc3)ncnc21. The Morgan fingerprint density at radius 3 is 2.43 bits per heavy atom. The molecule has 250 valence electrons. The first kappa shape index (κ1) is 34.0. The first-order chi connectivity index (χ1) is 22.1. The Kier molecular flexibility index (Phi) is 9.42. The van der Waals surface area contributed by atoms with Gasteiger partial charge in [-0.05, 0) is 42.4 Å². The molecule has 47 heavy (non-hydrogen) atoms. The van der Waals surface area contributed by atoms with Crippen molar-refractivity contribution >= 4 is 47.2 Å². The fourth-order valence-electron chi connectivity index (χ4n) is 4.59. The van der Waals surface area contributed by atoms with E-state index in [-0.39, 0.29) is 33.5 Å². The highest BCUT2D eigenvalue weighted by molar-refractivity contribution is 7.85. The number of aromatic nitrogens is 4. The minimum Gasteiger partial charge on any atom is -0.406 e. The molecule has 5 rings (SSSR count). The van der Waals surface area contributed by atoms with Gasteiger partial charge in [0.1, 0.15) is 24.3 Å². The minimum absolute atomic E-state index is 0.131. The highest BCUT2D eigenvalue weighted by atomic mass is 32.2. The number of carbonyl (C=O) groups excluding carboxylic acids is 1. The van der Waals surface area contributed by atoms with Gasteiger partial charge in [0.2, 0.25) is 0 Å². The standard InChI is InChI=1S/C29H34FN7O8SSi/c1-29(2,3)47(4,5)45-24-22(30)21(15-34-46(41,42)44-20-13-11-19(12-14-20)37(39)40)43-28(24)36-17-33-23-25(31-16-32-26(23)36)35-27(38)18-9-7-6-8-10-18/h6-14,16-17,21-22,24,28,34H,15H2,1-5H3,(H,31,32,35,38)/t21-,22-,24-,28-/m1/s1. The van der Waals surface area contributed by atoms with Crippen molar-refractivity contribution in [2.75, 3.05) is 11.9 Å². The van der Waals surface area contributed by atoms with Crippen LogP contribution in [0.15, 0.2) is 67.3 Å². The highest BCUT2D eigenvalue weighted by Crippen LogP contribution is 2.43. The average Bonchev–Trinajstić information content (AvgIpc) is 3.57. The van der Waals surface area contributed by atoms with E-state index in [1.54, 1.807) is 30.3 Å². The summed E-state index contributed by atoms with van der Waals surface area (Å²) in [5.41, 5.74) is 0.613. The Morgan fingerprint density at radius 2 is 1.79 bits per heavy atom. The van der Waals surface area contributed by atoms with Crippen molar-refractivity contribution in [2.45, 2.75) is 63.5 Å². The molecule has 0 radical (unpaired) electrons. The smallest absolute Gasteiger partial charge is 0.382 e. The quantitative estimate of drug-likeness (QED) is 0.128. The van der Waals surface area contributed by atoms with Crippen LogP contribution >= 0.6 is 0 Å². The number of fused-ring (bicyclic) bond motifs is 1. The lowest BCUT2D eigenvalue weighted by Crippen LogP contribution is -2.48. The third kappa shape index (κ3) is 7.46. The van der Waals surface area contributed by atoms with Crippen molar-refractivity contribution in [3.63, 3.8) is 0 Å². The zero-order valence-electron chi connectivity index (χ0n) is 26.2. The van der Waals surface area contributed by atoms with E-state index in [0.29, 0.717) is 5.56 Å². The first-order valence-electron chi connectivity index (χ1n) is 14.5. The van der Waals surface area contributed by atoms with Crippen LogP contribution < -0.4 is 14.2 Å². The fraction of sp³-hybridized carbons (Fsp3) is 0.379. The fourth-order valence-corrected chi connectivity index (χ4v) is 6.66. The molecule has 1 aliphatic rings. The van der Waals surface area contributed by atoms with Gasteiger partial charge in [0, 0.05) is 24.2 Å². The van der Waals surface area contributed by atoms with Gasteiger partial charge in [-0.25, -0.2) is 19.3 Å². The summed E-state index contributed by atoms with van der Waals surface area (Å²) in [4.78, 5) is 36.0. The number of hydrogen-bond donors (Lipinski definition) is 2. The monoisotopic (exact) mass is 687 g/mol. The van der Waals surface area contributed by atoms with Gasteiger partial charge in [-0.2, -0.15) is 13.1 Å². The van der Waals surface area contributed by atoms with Crippen LogP contribution in [0.2, 0.25) is 18.1 Å². The molecule has 18 heteroatoms. The summed E-state index contributed by atoms with van der Waals surface area (Å²) in [6.45, 7) is 9.39. The van der Waals surface area contributed by atoms with Gasteiger partial charge in [-0.1, -0.05) is 39.0 Å². The van der Waals surface area contributed by atoms with Crippen LogP contribution in [0.4, 0.5) is 15.9 Å². The molecule has 2 aromatic heterocycles. The zero-order chi connectivity index (χ0) is 34.1. The van der Waals surface area contributed by atoms with E-state index in [0.717, 1.165) is 24.3 Å². The Morgan fingerprint density at radius 1 is 1.11 bits per heavy atom. The molecule has 0 saturated carbocycles. The number of non-ortho nitro benzene ring substituents is 1. The van der Waals surface area contributed by atoms with Crippen LogP contribution in [0.25, 0.3) is 11.2 Å². The van der Waals surface area contributed by atoms with Crippen LogP contribution in [0.5, 0.6) is 5.75 Å². The molecule has 1 saturated heterocycles. The number of nitro groups is 1. The normalized spacial score (nSPS) is 20.3. The van der Waals surface area contributed by atoms with Crippen LogP contribution in [-0.4, -0.2) is 72.0 Å². The van der Waals surface area contributed by atoms with Gasteiger partial charge in [-0.3, -0.25) is 19.5 Å². The van der Waals surface area contributed by atoms with E-state index in [1.165, 1.54) is 17.2 Å². The van der Waals surface area contributed by atoms with Gasteiger partial charge < -0.3 is 18.7 Å². The summed E-state index contributed by atoms with van der Waals surface area (Å²) in [6, 6.07) is 13.0. The van der Waals surface area contributed by atoms with Crippen molar-refractivity contribution in [1.29, 1.82) is 0 Å². The molecule has 1 fully saturated rings. The summed E-state index contributed by atoms with van der Waals surface area (Å²) in [6.07, 6.45) is -2.82. The summed E-state index contributed by atoms with van der Waals surface area (Å²) in [7, 11) is -7.09. The summed E-state index contributed by atoms with van der Waals surface area (Å²) in [5.74, 6) is -0.459. The number of nitrogens with one attached hydrogen (secondary N) is 2. The van der Waals surface area contributed by atoms with E-state index in [9.17, 15) is 23.3 Å². The van der Waals surface area contributed by atoms with Crippen LogP contribution in [0, 0.1) is 10.1 Å². The number of carbonyl (C=O) groups is 1. The Bertz CT molecular complexity index is 1870. The van der Waals surface area contributed by atoms with E-state index in [1.807, 2.05) is 33.9 Å². The van der Waals surface area contributed by atoms with Gasteiger partial charge >= 0.3 is 10.3 Å². The maximum atomic E-state index is 16.3. The van der Waals surface area contributed by atoms with E-state index in [2.05, 4.69) is 25.0 Å². The Hall–Kier alpha value is -4.36. The molecule has 2 N–H and O–H groups in total. The van der Waals surface area contributed by atoms with E-state index >= 15 is 4.39 Å². The number of amides is 1. The molecular weight excluding hydrogens is 654 g/mol. The van der Waals surface area contributed by atoms with Crippen molar-refractivity contribution in [1.82, 2.24) is 24.2 Å². The molecule has 4 atom stereocenters. The predicted octanol–water partition coefficient (Wildman–Crippen LogP) is 4.53. The Labute approximate surface area is 271 Å². The van der Waals surface area contributed by atoms with Crippen LogP contribution in [0.1, 0.15) is 37.4 Å². The molecule has 4 aromatic rings. The maximum Gasteiger partial charge on any atom is 0.382 e. The zero-order valence-corrected chi connectivity index (χ0v) is 28.0. The third-order valence-corrected chi connectivity index (χ3v) is 13.5. The molecule has 2 aromatic carbocycles. The molecule has 3 heterocycles. The second-order valence-electron chi connectivity index (χ2n) is 12.4. The molecule has 1 aliphatic heterocycles. The molecule has 0 unspecified atom stereocenters. The average molecular weight is 688 g/mol. The molecule has 1 amide bonds. The van der Waals surface area contributed by atoms with Gasteiger partial charge in [0.15, 0.2) is 37.7 Å². The van der Waals surface area contributed by atoms with Crippen molar-refractivity contribution in [2.24, 2.45) is 0 Å². The predicted molar refractivity (Wildman–Crippen MR) is 171 cm³/mol. The number of rotatable bonds is 11. The van der Waals surface area contributed by atoms with Crippen LogP contribution in [0.3, 0.4) is 0 Å². The molecule has 0 aliphatic carbocycles. The number of ether oxygens (including phenoxy) is 1. The topological polar surface area (TPSA) is 190 Å². The van der Waals surface area contributed by atoms with Gasteiger partial charge in [-0.15, -0.1) is 0 Å². The number of halogens is 1. The molecule has 15 nitrogen and oxygen atoms in total. The number of benzene rings is 2. The number of alkyl halides is 1.